The molecule has 0 aliphatic heterocycles. The van der Waals surface area contributed by atoms with E-state index in [1.807, 2.05) is 16.8 Å². The zero-order valence-electron chi connectivity index (χ0n) is 9.15. The van der Waals surface area contributed by atoms with Crippen LogP contribution in [0.15, 0.2) is 24.4 Å². The van der Waals surface area contributed by atoms with Crippen LogP contribution in [0.4, 0.5) is 0 Å². The van der Waals surface area contributed by atoms with Crippen LogP contribution in [0.2, 0.25) is 10.0 Å². The first-order valence-corrected chi connectivity index (χ1v) is 5.91. The molecule has 0 bridgehead atoms. The molecule has 2 aromatic rings. The zero-order valence-corrected chi connectivity index (χ0v) is 10.7. The van der Waals surface area contributed by atoms with Crippen molar-refractivity contribution in [3.8, 4) is 0 Å². The summed E-state index contributed by atoms with van der Waals surface area (Å²) in [5.41, 5.74) is 0.857. The third kappa shape index (κ3) is 2.40. The van der Waals surface area contributed by atoms with Crippen LogP contribution in [-0.2, 0) is 11.3 Å². The maximum absolute atomic E-state index is 10.8. The Balaban J connectivity index is 2.45. The van der Waals surface area contributed by atoms with Crippen LogP contribution in [0, 0.1) is 5.92 Å². The Morgan fingerprint density at radius 3 is 2.82 bits per heavy atom. The van der Waals surface area contributed by atoms with Gasteiger partial charge < -0.3 is 9.67 Å². The Morgan fingerprint density at radius 1 is 1.47 bits per heavy atom. The van der Waals surface area contributed by atoms with E-state index in [1.165, 1.54) is 0 Å². The Hall–Kier alpha value is -1.19. The zero-order chi connectivity index (χ0) is 12.6. The summed E-state index contributed by atoms with van der Waals surface area (Å²) in [6, 6.07) is 5.33. The number of carboxylic acids is 1. The first-order valence-electron chi connectivity index (χ1n) is 5.15. The van der Waals surface area contributed by atoms with E-state index < -0.39 is 11.9 Å². The number of aliphatic carboxylic acids is 1. The van der Waals surface area contributed by atoms with E-state index in [0.717, 1.165) is 10.9 Å². The van der Waals surface area contributed by atoms with Crippen molar-refractivity contribution in [3.05, 3.63) is 34.4 Å². The number of carboxylic acid groups (broad SMARTS) is 1. The lowest BCUT2D eigenvalue weighted by atomic mass is 10.2. The quantitative estimate of drug-likeness (QED) is 0.926. The van der Waals surface area contributed by atoms with Crippen LogP contribution >= 0.6 is 23.2 Å². The van der Waals surface area contributed by atoms with Gasteiger partial charge in [-0.05, 0) is 18.2 Å². The minimum Gasteiger partial charge on any atom is -0.481 e. The Bertz CT molecular complexity index is 577. The molecule has 0 saturated carbocycles. The molecule has 1 unspecified atom stereocenters. The fourth-order valence-electron chi connectivity index (χ4n) is 1.75. The molecule has 0 aliphatic rings. The second kappa shape index (κ2) is 4.59. The lowest BCUT2D eigenvalue weighted by Crippen LogP contribution is -2.16. The topological polar surface area (TPSA) is 42.2 Å². The fraction of sp³-hybridized carbons (Fsp3) is 0.250. The number of carbonyl (C=O) groups is 1. The molecule has 0 fully saturated rings. The lowest BCUT2D eigenvalue weighted by molar-refractivity contribution is -0.141. The van der Waals surface area contributed by atoms with Crippen molar-refractivity contribution < 1.29 is 9.90 Å². The van der Waals surface area contributed by atoms with Gasteiger partial charge in [-0.2, -0.15) is 0 Å². The van der Waals surface area contributed by atoms with Gasteiger partial charge in [-0.15, -0.1) is 0 Å². The van der Waals surface area contributed by atoms with E-state index in [9.17, 15) is 4.79 Å². The molecule has 90 valence electrons. The van der Waals surface area contributed by atoms with Gasteiger partial charge in [0.2, 0.25) is 0 Å². The number of hydrogen-bond acceptors (Lipinski definition) is 1. The molecule has 0 amide bonds. The number of benzene rings is 1. The minimum absolute atomic E-state index is 0.398. The van der Waals surface area contributed by atoms with Gasteiger partial charge in [-0.3, -0.25) is 4.79 Å². The van der Waals surface area contributed by atoms with Crippen LogP contribution in [0.25, 0.3) is 10.9 Å². The van der Waals surface area contributed by atoms with Crippen molar-refractivity contribution in [2.24, 2.45) is 5.92 Å². The molecule has 3 nitrogen and oxygen atoms in total. The summed E-state index contributed by atoms with van der Waals surface area (Å²) in [4.78, 5) is 10.8. The number of halogens is 2. The SMILES string of the molecule is CC(Cn1ccc2c(Cl)cc(Cl)cc21)C(=O)O. The lowest BCUT2D eigenvalue weighted by Gasteiger charge is -2.09. The smallest absolute Gasteiger partial charge is 0.308 e. The highest BCUT2D eigenvalue weighted by atomic mass is 35.5. The normalized spacial score (nSPS) is 12.9. The Kier molecular flexibility index (Phi) is 3.31. The third-order valence-electron chi connectivity index (χ3n) is 2.70. The van der Waals surface area contributed by atoms with Crippen molar-refractivity contribution in [2.45, 2.75) is 13.5 Å². The minimum atomic E-state index is -0.819. The molecular formula is C12H11Cl2NO2. The van der Waals surface area contributed by atoms with E-state index in [-0.39, 0.29) is 0 Å². The van der Waals surface area contributed by atoms with Crippen LogP contribution in [0.3, 0.4) is 0 Å². The number of rotatable bonds is 3. The van der Waals surface area contributed by atoms with Gasteiger partial charge in [0, 0.05) is 23.2 Å². The van der Waals surface area contributed by atoms with Gasteiger partial charge in [0.15, 0.2) is 0 Å². The van der Waals surface area contributed by atoms with Crippen molar-refractivity contribution in [1.29, 1.82) is 0 Å². The average Bonchev–Trinajstić information content (AvgIpc) is 2.61. The Labute approximate surface area is 109 Å². The van der Waals surface area contributed by atoms with Crippen LogP contribution in [0.1, 0.15) is 6.92 Å². The summed E-state index contributed by atoms with van der Waals surface area (Å²) in [5.74, 6) is -1.27. The van der Waals surface area contributed by atoms with Gasteiger partial charge in [0.25, 0.3) is 0 Å². The number of nitrogens with zero attached hydrogens (tertiary/aromatic N) is 1. The summed E-state index contributed by atoms with van der Waals surface area (Å²) in [6.45, 7) is 2.07. The van der Waals surface area contributed by atoms with Gasteiger partial charge in [0.1, 0.15) is 0 Å². The highest BCUT2D eigenvalue weighted by molar-refractivity contribution is 6.38. The molecule has 1 N–H and O–H groups in total. The van der Waals surface area contributed by atoms with Crippen LogP contribution in [0.5, 0.6) is 0 Å². The average molecular weight is 272 g/mol. The summed E-state index contributed by atoms with van der Waals surface area (Å²) in [5, 5.41) is 10.9. The fourth-order valence-corrected chi connectivity index (χ4v) is 2.30. The number of aromatic nitrogens is 1. The molecule has 5 heteroatoms. The Morgan fingerprint density at radius 2 is 2.18 bits per heavy atom. The number of hydrogen-bond donors (Lipinski definition) is 1. The molecule has 17 heavy (non-hydrogen) atoms. The second-order valence-corrected chi connectivity index (χ2v) is 4.87. The molecule has 0 aliphatic carbocycles. The second-order valence-electron chi connectivity index (χ2n) is 4.03. The highest BCUT2D eigenvalue weighted by Gasteiger charge is 2.13. The van der Waals surface area contributed by atoms with E-state index in [0.29, 0.717) is 16.6 Å². The maximum atomic E-state index is 10.8. The first-order chi connectivity index (χ1) is 7.99. The number of fused-ring (bicyclic) bond motifs is 1. The van der Waals surface area contributed by atoms with Crippen molar-refractivity contribution in [3.63, 3.8) is 0 Å². The predicted octanol–water partition coefficient (Wildman–Crippen LogP) is 3.67. The molecule has 1 aromatic carbocycles. The highest BCUT2D eigenvalue weighted by Crippen LogP contribution is 2.29. The third-order valence-corrected chi connectivity index (χ3v) is 3.23. The van der Waals surface area contributed by atoms with E-state index in [2.05, 4.69) is 0 Å². The maximum Gasteiger partial charge on any atom is 0.308 e. The summed E-state index contributed by atoms with van der Waals surface area (Å²) in [6.07, 6.45) is 1.83. The summed E-state index contributed by atoms with van der Waals surface area (Å²) < 4.78 is 1.85. The van der Waals surface area contributed by atoms with E-state index in [1.54, 1.807) is 19.1 Å². The standard InChI is InChI=1S/C12H11Cl2NO2/c1-7(12(16)17)6-15-3-2-9-10(14)4-8(13)5-11(9)15/h2-5,7H,6H2,1H3,(H,16,17). The predicted molar refractivity (Wildman–Crippen MR) is 68.8 cm³/mol. The van der Waals surface area contributed by atoms with E-state index in [4.69, 9.17) is 28.3 Å². The van der Waals surface area contributed by atoms with E-state index >= 15 is 0 Å². The van der Waals surface area contributed by atoms with Gasteiger partial charge in [-0.25, -0.2) is 0 Å². The molecule has 1 heterocycles. The molecular weight excluding hydrogens is 261 g/mol. The summed E-state index contributed by atoms with van der Waals surface area (Å²) in [7, 11) is 0. The first kappa shape index (κ1) is 12.3. The van der Waals surface area contributed by atoms with Crippen molar-refractivity contribution in [2.75, 3.05) is 0 Å². The van der Waals surface area contributed by atoms with Crippen molar-refractivity contribution >= 4 is 40.1 Å². The van der Waals surface area contributed by atoms with Gasteiger partial charge in [0.05, 0.1) is 16.5 Å². The monoisotopic (exact) mass is 271 g/mol. The molecule has 1 atom stereocenters. The molecule has 0 spiro atoms. The largest absolute Gasteiger partial charge is 0.481 e. The molecule has 2 rings (SSSR count). The van der Waals surface area contributed by atoms with Crippen LogP contribution in [-0.4, -0.2) is 15.6 Å². The molecule has 0 saturated heterocycles. The van der Waals surface area contributed by atoms with Gasteiger partial charge >= 0.3 is 5.97 Å². The van der Waals surface area contributed by atoms with Crippen LogP contribution < -0.4 is 0 Å². The molecule has 1 aromatic heterocycles. The molecule has 0 radical (unpaired) electrons. The van der Waals surface area contributed by atoms with Gasteiger partial charge in [-0.1, -0.05) is 30.1 Å². The summed E-state index contributed by atoms with van der Waals surface area (Å²) >= 11 is 12.0. The van der Waals surface area contributed by atoms with Crippen molar-refractivity contribution in [1.82, 2.24) is 4.57 Å².